The standard InChI is InChI=1S/C18H20N2O3/c1-5-6-16-17(22-3)11-14(12-18(16)23-4)20-19-13-7-9-15(21-2)10-8-13/h5,7-12H,1,6H2,2-4H3. The summed E-state index contributed by atoms with van der Waals surface area (Å²) >= 11 is 0. The molecule has 0 aromatic heterocycles. The van der Waals surface area contributed by atoms with E-state index in [1.54, 1.807) is 27.4 Å². The van der Waals surface area contributed by atoms with Crippen molar-refractivity contribution in [2.24, 2.45) is 10.2 Å². The van der Waals surface area contributed by atoms with Crippen molar-refractivity contribution >= 4 is 11.4 Å². The lowest BCUT2D eigenvalue weighted by molar-refractivity contribution is 0.387. The molecular formula is C18H20N2O3. The Hall–Kier alpha value is -2.82. The second kappa shape index (κ2) is 7.98. The van der Waals surface area contributed by atoms with Crippen LogP contribution in [0.15, 0.2) is 59.3 Å². The zero-order valence-electron chi connectivity index (χ0n) is 13.6. The molecule has 0 aliphatic rings. The molecule has 0 aliphatic carbocycles. The van der Waals surface area contributed by atoms with Crippen molar-refractivity contribution in [1.29, 1.82) is 0 Å². The summed E-state index contributed by atoms with van der Waals surface area (Å²) in [6.45, 7) is 3.76. The maximum absolute atomic E-state index is 5.42. The molecule has 0 bridgehead atoms. The van der Waals surface area contributed by atoms with E-state index in [0.29, 0.717) is 23.6 Å². The van der Waals surface area contributed by atoms with Crippen LogP contribution in [-0.4, -0.2) is 21.3 Å². The minimum Gasteiger partial charge on any atom is -0.497 e. The van der Waals surface area contributed by atoms with Gasteiger partial charge < -0.3 is 14.2 Å². The number of ether oxygens (including phenoxy) is 3. The van der Waals surface area contributed by atoms with Gasteiger partial charge in [-0.25, -0.2) is 0 Å². The third kappa shape index (κ3) is 4.10. The van der Waals surface area contributed by atoms with E-state index in [1.165, 1.54) is 0 Å². The molecule has 0 saturated heterocycles. The zero-order chi connectivity index (χ0) is 16.7. The monoisotopic (exact) mass is 312 g/mol. The highest BCUT2D eigenvalue weighted by molar-refractivity contribution is 5.56. The SMILES string of the molecule is C=CCc1c(OC)cc(N=Nc2ccc(OC)cc2)cc1OC. The maximum Gasteiger partial charge on any atom is 0.128 e. The highest BCUT2D eigenvalue weighted by atomic mass is 16.5. The fraction of sp³-hybridized carbons (Fsp3) is 0.222. The Labute approximate surface area is 136 Å². The van der Waals surface area contributed by atoms with Gasteiger partial charge in [0.1, 0.15) is 17.2 Å². The first-order valence-corrected chi connectivity index (χ1v) is 7.13. The molecule has 0 unspecified atom stereocenters. The lowest BCUT2D eigenvalue weighted by Crippen LogP contribution is -1.95. The molecule has 0 spiro atoms. The molecule has 0 N–H and O–H groups in total. The summed E-state index contributed by atoms with van der Waals surface area (Å²) < 4.78 is 16.0. The van der Waals surface area contributed by atoms with Crippen LogP contribution in [0.1, 0.15) is 5.56 Å². The first-order chi connectivity index (χ1) is 11.2. The topological polar surface area (TPSA) is 52.4 Å². The second-order valence-corrected chi connectivity index (χ2v) is 4.72. The van der Waals surface area contributed by atoms with E-state index in [4.69, 9.17) is 14.2 Å². The third-order valence-corrected chi connectivity index (χ3v) is 3.29. The Kier molecular flexibility index (Phi) is 5.74. The molecule has 23 heavy (non-hydrogen) atoms. The molecule has 0 radical (unpaired) electrons. The second-order valence-electron chi connectivity index (χ2n) is 4.72. The van der Waals surface area contributed by atoms with Crippen LogP contribution in [0.4, 0.5) is 11.4 Å². The quantitative estimate of drug-likeness (QED) is 0.542. The molecule has 5 heteroatoms. The minimum absolute atomic E-state index is 0.655. The van der Waals surface area contributed by atoms with Crippen LogP contribution >= 0.6 is 0 Å². The lowest BCUT2D eigenvalue weighted by atomic mass is 10.1. The van der Waals surface area contributed by atoms with E-state index in [0.717, 1.165) is 17.0 Å². The van der Waals surface area contributed by atoms with Crippen molar-refractivity contribution in [3.05, 3.63) is 54.6 Å². The number of methoxy groups -OCH3 is 3. The summed E-state index contributed by atoms with van der Waals surface area (Å²) in [5, 5.41) is 8.47. The molecular weight excluding hydrogens is 292 g/mol. The predicted molar refractivity (Wildman–Crippen MR) is 90.6 cm³/mol. The van der Waals surface area contributed by atoms with Crippen LogP contribution in [0.25, 0.3) is 0 Å². The van der Waals surface area contributed by atoms with Gasteiger partial charge in [-0.2, -0.15) is 10.2 Å². The van der Waals surface area contributed by atoms with E-state index < -0.39 is 0 Å². The van der Waals surface area contributed by atoms with E-state index in [2.05, 4.69) is 16.8 Å². The van der Waals surface area contributed by atoms with Crippen molar-refractivity contribution in [1.82, 2.24) is 0 Å². The van der Waals surface area contributed by atoms with Crippen LogP contribution < -0.4 is 14.2 Å². The number of hydrogen-bond acceptors (Lipinski definition) is 5. The molecule has 2 rings (SSSR count). The number of allylic oxidation sites excluding steroid dienone is 1. The molecule has 5 nitrogen and oxygen atoms in total. The van der Waals surface area contributed by atoms with Crippen molar-refractivity contribution < 1.29 is 14.2 Å². The van der Waals surface area contributed by atoms with Crippen LogP contribution in [0.2, 0.25) is 0 Å². The molecule has 0 heterocycles. The van der Waals surface area contributed by atoms with Crippen LogP contribution in [0.5, 0.6) is 17.2 Å². The zero-order valence-corrected chi connectivity index (χ0v) is 13.6. The summed E-state index contributed by atoms with van der Waals surface area (Å²) in [7, 11) is 4.86. The van der Waals surface area contributed by atoms with E-state index in [-0.39, 0.29) is 0 Å². The average Bonchev–Trinajstić information content (AvgIpc) is 2.61. The molecule has 2 aromatic rings. The lowest BCUT2D eigenvalue weighted by Gasteiger charge is -2.12. The van der Waals surface area contributed by atoms with Crippen molar-refractivity contribution in [2.45, 2.75) is 6.42 Å². The van der Waals surface area contributed by atoms with Gasteiger partial charge in [0.25, 0.3) is 0 Å². The molecule has 0 aliphatic heterocycles. The summed E-state index contributed by atoms with van der Waals surface area (Å²) in [6, 6.07) is 11.0. The van der Waals surface area contributed by atoms with Gasteiger partial charge in [0, 0.05) is 17.7 Å². The van der Waals surface area contributed by atoms with Crippen molar-refractivity contribution in [2.75, 3.05) is 21.3 Å². The minimum atomic E-state index is 0.655. The number of azo groups is 1. The largest absolute Gasteiger partial charge is 0.497 e. The number of nitrogens with zero attached hydrogens (tertiary/aromatic N) is 2. The first kappa shape index (κ1) is 16.5. The van der Waals surface area contributed by atoms with Crippen molar-refractivity contribution in [3.63, 3.8) is 0 Å². The van der Waals surface area contributed by atoms with Crippen LogP contribution in [0.3, 0.4) is 0 Å². The Bertz CT molecular complexity index is 669. The van der Waals surface area contributed by atoms with Gasteiger partial charge in [0.05, 0.1) is 32.7 Å². The number of rotatable bonds is 7. The van der Waals surface area contributed by atoms with Gasteiger partial charge in [0.2, 0.25) is 0 Å². The summed E-state index contributed by atoms with van der Waals surface area (Å²) in [6.07, 6.45) is 2.46. The highest BCUT2D eigenvalue weighted by Gasteiger charge is 2.11. The summed E-state index contributed by atoms with van der Waals surface area (Å²) in [4.78, 5) is 0. The molecule has 0 fully saturated rings. The van der Waals surface area contributed by atoms with E-state index >= 15 is 0 Å². The van der Waals surface area contributed by atoms with Crippen molar-refractivity contribution in [3.8, 4) is 17.2 Å². The summed E-state index contributed by atoms with van der Waals surface area (Å²) in [5.74, 6) is 2.18. The van der Waals surface area contributed by atoms with E-state index in [9.17, 15) is 0 Å². The Morgan fingerprint density at radius 1 is 0.870 bits per heavy atom. The fourth-order valence-corrected chi connectivity index (χ4v) is 2.14. The van der Waals surface area contributed by atoms with Crippen LogP contribution in [-0.2, 0) is 6.42 Å². The van der Waals surface area contributed by atoms with Gasteiger partial charge in [-0.1, -0.05) is 6.08 Å². The predicted octanol–water partition coefficient (Wildman–Crippen LogP) is 4.86. The molecule has 2 aromatic carbocycles. The summed E-state index contributed by atoms with van der Waals surface area (Å²) in [5.41, 5.74) is 2.33. The molecule has 0 saturated carbocycles. The number of benzene rings is 2. The van der Waals surface area contributed by atoms with Gasteiger partial charge in [-0.3, -0.25) is 0 Å². The Morgan fingerprint density at radius 3 is 1.91 bits per heavy atom. The van der Waals surface area contributed by atoms with Gasteiger partial charge in [0.15, 0.2) is 0 Å². The Morgan fingerprint density at radius 2 is 1.43 bits per heavy atom. The number of hydrogen-bond donors (Lipinski definition) is 0. The van der Waals surface area contributed by atoms with Gasteiger partial charge in [-0.15, -0.1) is 6.58 Å². The highest BCUT2D eigenvalue weighted by Crippen LogP contribution is 2.35. The third-order valence-electron chi connectivity index (χ3n) is 3.29. The van der Waals surface area contributed by atoms with E-state index in [1.807, 2.05) is 36.4 Å². The maximum atomic E-state index is 5.42. The van der Waals surface area contributed by atoms with Crippen LogP contribution in [0, 0.1) is 0 Å². The molecule has 0 atom stereocenters. The normalized spacial score (nSPS) is 10.6. The first-order valence-electron chi connectivity index (χ1n) is 7.13. The van der Waals surface area contributed by atoms with Gasteiger partial charge in [-0.05, 0) is 30.7 Å². The Balaban J connectivity index is 2.31. The smallest absolute Gasteiger partial charge is 0.128 e. The molecule has 120 valence electrons. The van der Waals surface area contributed by atoms with Gasteiger partial charge >= 0.3 is 0 Å². The fourth-order valence-electron chi connectivity index (χ4n) is 2.14. The molecule has 0 amide bonds. The average molecular weight is 312 g/mol.